The molecule has 3 heteroatoms. The van der Waals surface area contributed by atoms with Crippen molar-refractivity contribution < 1.29 is 9.53 Å². The minimum atomic E-state index is -0.481. The molecule has 2 aromatic carbocycles. The number of carbonyl (C=O) groups is 1. The van der Waals surface area contributed by atoms with Gasteiger partial charge in [0.25, 0.3) is 0 Å². The highest BCUT2D eigenvalue weighted by Gasteiger charge is 2.68. The molecule has 0 spiro atoms. The molecule has 1 saturated carbocycles. The van der Waals surface area contributed by atoms with Crippen molar-refractivity contribution in [1.29, 1.82) is 0 Å². The monoisotopic (exact) mass is 335 g/mol. The van der Waals surface area contributed by atoms with Crippen molar-refractivity contribution in [2.75, 3.05) is 6.54 Å². The van der Waals surface area contributed by atoms with E-state index in [4.69, 9.17) is 4.74 Å². The molecule has 1 unspecified atom stereocenters. The summed E-state index contributed by atoms with van der Waals surface area (Å²) < 4.78 is 5.71. The summed E-state index contributed by atoms with van der Waals surface area (Å²) in [6.07, 6.45) is 0.930. The zero-order valence-corrected chi connectivity index (χ0v) is 15.1. The molecule has 130 valence electrons. The summed E-state index contributed by atoms with van der Waals surface area (Å²) in [5, 5.41) is 0. The Balaban J connectivity index is 1.74. The second-order valence-corrected chi connectivity index (χ2v) is 8.25. The number of rotatable bonds is 2. The fraction of sp³-hybridized carbons (Fsp3) is 0.409. The van der Waals surface area contributed by atoms with Crippen LogP contribution in [0.2, 0.25) is 0 Å². The lowest BCUT2D eigenvalue weighted by Crippen LogP contribution is -2.40. The number of amides is 1. The Morgan fingerprint density at radius 3 is 2.24 bits per heavy atom. The predicted octanol–water partition coefficient (Wildman–Crippen LogP) is 4.94. The third-order valence-corrected chi connectivity index (χ3v) is 5.42. The highest BCUT2D eigenvalue weighted by atomic mass is 16.6. The summed E-state index contributed by atoms with van der Waals surface area (Å²) in [4.78, 5) is 14.8. The SMILES string of the molecule is CC(C)(C)OC(=O)N1CC2C[C@]2(c2ccccc2)[C@H]1c1ccccc1. The van der Waals surface area contributed by atoms with Crippen molar-refractivity contribution in [2.45, 2.75) is 44.2 Å². The van der Waals surface area contributed by atoms with Crippen molar-refractivity contribution in [3.63, 3.8) is 0 Å². The largest absolute Gasteiger partial charge is 0.444 e. The molecule has 0 radical (unpaired) electrons. The van der Waals surface area contributed by atoms with Crippen molar-refractivity contribution in [2.24, 2.45) is 5.92 Å². The van der Waals surface area contributed by atoms with Crippen LogP contribution in [-0.2, 0) is 10.2 Å². The number of nitrogens with zero attached hydrogens (tertiary/aromatic N) is 1. The summed E-state index contributed by atoms with van der Waals surface area (Å²) in [7, 11) is 0. The summed E-state index contributed by atoms with van der Waals surface area (Å²) in [5.74, 6) is 0.507. The van der Waals surface area contributed by atoms with Crippen LogP contribution >= 0.6 is 0 Å². The van der Waals surface area contributed by atoms with Gasteiger partial charge in [0.1, 0.15) is 5.60 Å². The predicted molar refractivity (Wildman–Crippen MR) is 98.4 cm³/mol. The van der Waals surface area contributed by atoms with Gasteiger partial charge in [0, 0.05) is 12.0 Å². The molecule has 1 saturated heterocycles. The topological polar surface area (TPSA) is 29.5 Å². The molecule has 1 heterocycles. The van der Waals surface area contributed by atoms with Crippen molar-refractivity contribution >= 4 is 6.09 Å². The zero-order valence-electron chi connectivity index (χ0n) is 15.1. The number of hydrogen-bond donors (Lipinski definition) is 0. The number of carbonyl (C=O) groups excluding carboxylic acids is 1. The van der Waals surface area contributed by atoms with Gasteiger partial charge in [-0.3, -0.25) is 4.90 Å². The van der Waals surface area contributed by atoms with Crippen molar-refractivity contribution in [3.8, 4) is 0 Å². The minimum Gasteiger partial charge on any atom is -0.444 e. The quantitative estimate of drug-likeness (QED) is 0.778. The average molecular weight is 335 g/mol. The smallest absolute Gasteiger partial charge is 0.410 e. The van der Waals surface area contributed by atoms with Crippen LogP contribution in [0.4, 0.5) is 4.79 Å². The summed E-state index contributed by atoms with van der Waals surface area (Å²) in [6, 6.07) is 21.1. The van der Waals surface area contributed by atoms with Gasteiger partial charge in [0.15, 0.2) is 0 Å². The molecular weight excluding hydrogens is 310 g/mol. The van der Waals surface area contributed by atoms with Gasteiger partial charge in [-0.15, -0.1) is 0 Å². The van der Waals surface area contributed by atoms with Crippen LogP contribution in [0.5, 0.6) is 0 Å². The van der Waals surface area contributed by atoms with Crippen LogP contribution in [0, 0.1) is 5.92 Å². The Kier molecular flexibility index (Phi) is 3.64. The zero-order chi connectivity index (χ0) is 17.7. The standard InChI is InChI=1S/C22H25NO2/c1-21(2,3)25-20(24)23-15-18-14-22(18,17-12-8-5-9-13-17)19(23)16-10-6-4-7-11-16/h4-13,18-19H,14-15H2,1-3H3/t18?,19-,22-/m1/s1. The molecule has 2 aliphatic rings. The van der Waals surface area contributed by atoms with E-state index in [-0.39, 0.29) is 17.6 Å². The first kappa shape index (κ1) is 16.2. The normalized spacial score (nSPS) is 27.7. The van der Waals surface area contributed by atoms with Gasteiger partial charge in [-0.1, -0.05) is 60.7 Å². The van der Waals surface area contributed by atoms with E-state index < -0.39 is 5.60 Å². The van der Waals surface area contributed by atoms with Crippen LogP contribution in [0.25, 0.3) is 0 Å². The Labute approximate surface area is 149 Å². The Morgan fingerprint density at radius 1 is 1.04 bits per heavy atom. The second kappa shape index (κ2) is 5.62. The number of piperidine rings is 1. The van der Waals surface area contributed by atoms with Gasteiger partial charge < -0.3 is 4.74 Å². The third-order valence-electron chi connectivity index (χ3n) is 5.42. The molecule has 1 aliphatic carbocycles. The molecule has 2 fully saturated rings. The van der Waals surface area contributed by atoms with E-state index in [1.807, 2.05) is 31.7 Å². The Hall–Kier alpha value is -2.29. The molecule has 1 amide bonds. The molecule has 2 aromatic rings. The molecule has 3 nitrogen and oxygen atoms in total. The van der Waals surface area contributed by atoms with Crippen molar-refractivity contribution in [1.82, 2.24) is 4.90 Å². The first-order valence-corrected chi connectivity index (χ1v) is 9.02. The van der Waals surface area contributed by atoms with E-state index in [1.54, 1.807) is 0 Å². The summed E-state index contributed by atoms with van der Waals surface area (Å²) in [5.41, 5.74) is 2.07. The molecular formula is C22H25NO2. The number of ether oxygens (including phenoxy) is 1. The molecule has 0 aromatic heterocycles. The van der Waals surface area contributed by atoms with Crippen LogP contribution in [0.15, 0.2) is 60.7 Å². The van der Waals surface area contributed by atoms with Crippen LogP contribution < -0.4 is 0 Å². The van der Waals surface area contributed by atoms with E-state index in [2.05, 4.69) is 54.6 Å². The number of benzene rings is 2. The Bertz CT molecular complexity index is 766. The van der Waals surface area contributed by atoms with Gasteiger partial charge >= 0.3 is 6.09 Å². The van der Waals surface area contributed by atoms with Gasteiger partial charge in [0.05, 0.1) is 6.04 Å². The molecule has 0 N–H and O–H groups in total. The number of hydrogen-bond acceptors (Lipinski definition) is 2. The molecule has 3 atom stereocenters. The lowest BCUT2D eigenvalue weighted by Gasteiger charge is -2.34. The summed E-state index contributed by atoms with van der Waals surface area (Å²) in [6.45, 7) is 6.54. The first-order chi connectivity index (χ1) is 11.9. The Morgan fingerprint density at radius 2 is 1.64 bits per heavy atom. The van der Waals surface area contributed by atoms with E-state index in [0.717, 1.165) is 13.0 Å². The minimum absolute atomic E-state index is 0.0273. The average Bonchev–Trinajstić information content (AvgIpc) is 3.20. The maximum absolute atomic E-state index is 12.9. The molecule has 0 bridgehead atoms. The van der Waals surface area contributed by atoms with Crippen molar-refractivity contribution in [3.05, 3.63) is 71.8 Å². The molecule has 1 aliphatic heterocycles. The fourth-order valence-corrected chi connectivity index (χ4v) is 4.41. The van der Waals surface area contributed by atoms with E-state index >= 15 is 0 Å². The van der Waals surface area contributed by atoms with Gasteiger partial charge in [-0.2, -0.15) is 0 Å². The second-order valence-electron chi connectivity index (χ2n) is 8.25. The van der Waals surface area contributed by atoms with E-state index in [9.17, 15) is 4.79 Å². The lowest BCUT2D eigenvalue weighted by atomic mass is 9.84. The maximum atomic E-state index is 12.9. The van der Waals surface area contributed by atoms with Gasteiger partial charge in [-0.05, 0) is 44.2 Å². The highest BCUT2D eigenvalue weighted by molar-refractivity contribution is 5.71. The fourth-order valence-electron chi connectivity index (χ4n) is 4.41. The van der Waals surface area contributed by atoms with Crippen LogP contribution in [0.3, 0.4) is 0 Å². The van der Waals surface area contributed by atoms with E-state index in [1.165, 1.54) is 11.1 Å². The highest BCUT2D eigenvalue weighted by Crippen LogP contribution is 2.68. The number of fused-ring (bicyclic) bond motifs is 1. The van der Waals surface area contributed by atoms with E-state index in [0.29, 0.717) is 5.92 Å². The molecule has 4 rings (SSSR count). The first-order valence-electron chi connectivity index (χ1n) is 9.02. The van der Waals surface area contributed by atoms with Gasteiger partial charge in [0.2, 0.25) is 0 Å². The number of likely N-dealkylation sites (tertiary alicyclic amines) is 1. The van der Waals surface area contributed by atoms with Crippen LogP contribution in [-0.4, -0.2) is 23.1 Å². The van der Waals surface area contributed by atoms with Crippen LogP contribution in [0.1, 0.15) is 44.4 Å². The molecule has 25 heavy (non-hydrogen) atoms. The maximum Gasteiger partial charge on any atom is 0.410 e. The van der Waals surface area contributed by atoms with Gasteiger partial charge in [-0.25, -0.2) is 4.79 Å². The third kappa shape index (κ3) is 2.72. The lowest BCUT2D eigenvalue weighted by molar-refractivity contribution is 0.0181. The summed E-state index contributed by atoms with van der Waals surface area (Å²) >= 11 is 0.